The number of ether oxygens (including phenoxy) is 1. The van der Waals surface area contributed by atoms with Crippen LogP contribution in [0, 0.1) is 5.82 Å². The largest absolute Gasteiger partial charge is 0.376 e. The first-order chi connectivity index (χ1) is 13.7. The summed E-state index contributed by atoms with van der Waals surface area (Å²) >= 11 is 3.16. The van der Waals surface area contributed by atoms with Gasteiger partial charge in [0.25, 0.3) is 5.56 Å². The van der Waals surface area contributed by atoms with Crippen molar-refractivity contribution in [2.75, 3.05) is 6.61 Å². The summed E-state index contributed by atoms with van der Waals surface area (Å²) < 4.78 is 21.1. The maximum absolute atomic E-state index is 13.5. The van der Waals surface area contributed by atoms with Crippen LogP contribution in [0.1, 0.15) is 35.3 Å². The molecule has 0 bridgehead atoms. The van der Waals surface area contributed by atoms with Crippen LogP contribution in [0.25, 0.3) is 10.2 Å². The number of thioether (sulfide) groups is 1. The molecule has 0 spiro atoms. The lowest BCUT2D eigenvalue weighted by atomic mass is 10.2. The molecule has 2 aromatic heterocycles. The van der Waals surface area contributed by atoms with Crippen molar-refractivity contribution in [1.29, 1.82) is 0 Å². The summed E-state index contributed by atoms with van der Waals surface area (Å²) in [5.41, 5.74) is 2.15. The molecule has 3 aromatic rings. The Morgan fingerprint density at radius 1 is 1.32 bits per heavy atom. The molecule has 0 radical (unpaired) electrons. The summed E-state index contributed by atoms with van der Waals surface area (Å²) in [6, 6.07) is 6.59. The fourth-order valence-corrected chi connectivity index (χ4v) is 6.35. The molecule has 1 aliphatic heterocycles. The van der Waals surface area contributed by atoms with E-state index in [1.54, 1.807) is 22.0 Å². The average molecular weight is 417 g/mol. The standard InChI is InChI=1S/C21H21FN2O2S2/c22-14-5-1-4-13(10-14)12-27-21-23-19-18(16-7-2-8-17(16)28-19)20(25)24(21)11-15-6-3-9-26-15/h1,4-5,10,15H,2-3,6-9,11-12H2/t15-/m0/s1. The Labute approximate surface area is 170 Å². The second kappa shape index (κ2) is 7.61. The van der Waals surface area contributed by atoms with Crippen molar-refractivity contribution in [1.82, 2.24) is 9.55 Å². The molecule has 0 unspecified atom stereocenters. The van der Waals surface area contributed by atoms with Gasteiger partial charge in [0.05, 0.1) is 18.0 Å². The van der Waals surface area contributed by atoms with Crippen molar-refractivity contribution < 1.29 is 9.13 Å². The molecule has 1 aromatic carbocycles. The first kappa shape index (κ1) is 18.3. The predicted molar refractivity (Wildman–Crippen MR) is 111 cm³/mol. The monoisotopic (exact) mass is 416 g/mol. The van der Waals surface area contributed by atoms with Gasteiger partial charge in [-0.25, -0.2) is 9.37 Å². The highest BCUT2D eigenvalue weighted by molar-refractivity contribution is 7.98. The molecule has 28 heavy (non-hydrogen) atoms. The second-order valence-electron chi connectivity index (χ2n) is 7.40. The number of aryl methyl sites for hydroxylation is 2. The summed E-state index contributed by atoms with van der Waals surface area (Å²) in [6.45, 7) is 1.30. The van der Waals surface area contributed by atoms with Crippen LogP contribution in [0.3, 0.4) is 0 Å². The van der Waals surface area contributed by atoms with Gasteiger partial charge in [0.2, 0.25) is 0 Å². The van der Waals surface area contributed by atoms with Crippen molar-refractivity contribution >= 4 is 33.3 Å². The van der Waals surface area contributed by atoms with Crippen LogP contribution in [0.15, 0.2) is 34.2 Å². The molecule has 0 saturated carbocycles. The molecular formula is C21H21FN2O2S2. The Morgan fingerprint density at radius 3 is 3.07 bits per heavy atom. The van der Waals surface area contributed by atoms with Gasteiger partial charge in [-0.05, 0) is 55.4 Å². The van der Waals surface area contributed by atoms with Gasteiger partial charge in [0, 0.05) is 17.2 Å². The third-order valence-electron chi connectivity index (χ3n) is 5.46. The highest BCUT2D eigenvalue weighted by atomic mass is 32.2. The van der Waals surface area contributed by atoms with Gasteiger partial charge >= 0.3 is 0 Å². The van der Waals surface area contributed by atoms with Gasteiger partial charge in [0.1, 0.15) is 10.6 Å². The van der Waals surface area contributed by atoms with Crippen LogP contribution in [0.2, 0.25) is 0 Å². The SMILES string of the molecule is O=c1c2c3c(sc2nc(SCc2cccc(F)c2)n1C[C@@H]1CCCO1)CCC3. The highest BCUT2D eigenvalue weighted by Gasteiger charge is 2.25. The minimum absolute atomic E-state index is 0.0571. The third-order valence-corrected chi connectivity index (χ3v) is 7.69. The molecule has 3 heterocycles. The van der Waals surface area contributed by atoms with Crippen LogP contribution in [0.5, 0.6) is 0 Å². The smallest absolute Gasteiger partial charge is 0.263 e. The maximum Gasteiger partial charge on any atom is 0.263 e. The predicted octanol–water partition coefficient (Wildman–Crippen LogP) is 4.56. The van der Waals surface area contributed by atoms with Crippen LogP contribution in [-0.4, -0.2) is 22.3 Å². The number of halogens is 1. The van der Waals surface area contributed by atoms with E-state index in [1.165, 1.54) is 34.3 Å². The Kier molecular flexibility index (Phi) is 4.99. The molecular weight excluding hydrogens is 395 g/mol. The van der Waals surface area contributed by atoms with Crippen LogP contribution >= 0.6 is 23.1 Å². The van der Waals surface area contributed by atoms with E-state index >= 15 is 0 Å². The van der Waals surface area contributed by atoms with E-state index in [-0.39, 0.29) is 17.5 Å². The summed E-state index contributed by atoms with van der Waals surface area (Å²) in [7, 11) is 0. The van der Waals surface area contributed by atoms with Crippen molar-refractivity contribution in [3.63, 3.8) is 0 Å². The van der Waals surface area contributed by atoms with Gasteiger partial charge < -0.3 is 4.74 Å². The van der Waals surface area contributed by atoms with E-state index in [2.05, 4.69) is 0 Å². The number of hydrogen-bond donors (Lipinski definition) is 0. The molecule has 146 valence electrons. The van der Waals surface area contributed by atoms with Crippen molar-refractivity contribution in [3.05, 3.63) is 56.4 Å². The average Bonchev–Trinajstić information content (AvgIpc) is 3.40. The summed E-state index contributed by atoms with van der Waals surface area (Å²) in [4.78, 5) is 20.5. The summed E-state index contributed by atoms with van der Waals surface area (Å²) in [5, 5.41) is 1.52. The van der Waals surface area contributed by atoms with Crippen molar-refractivity contribution in [2.24, 2.45) is 0 Å². The topological polar surface area (TPSA) is 44.1 Å². The minimum Gasteiger partial charge on any atom is -0.376 e. The number of aromatic nitrogens is 2. The number of thiophene rings is 1. The van der Waals surface area contributed by atoms with Gasteiger partial charge in [-0.15, -0.1) is 11.3 Å². The van der Waals surface area contributed by atoms with E-state index in [1.807, 2.05) is 6.07 Å². The lowest BCUT2D eigenvalue weighted by molar-refractivity contribution is 0.0937. The summed E-state index contributed by atoms with van der Waals surface area (Å²) in [5.74, 6) is 0.333. The zero-order valence-electron chi connectivity index (χ0n) is 15.4. The minimum atomic E-state index is -0.243. The number of nitrogens with zero attached hydrogens (tertiary/aromatic N) is 2. The quantitative estimate of drug-likeness (QED) is 0.452. The van der Waals surface area contributed by atoms with E-state index in [4.69, 9.17) is 9.72 Å². The van der Waals surface area contributed by atoms with Crippen LogP contribution < -0.4 is 5.56 Å². The van der Waals surface area contributed by atoms with Crippen LogP contribution in [0.4, 0.5) is 4.39 Å². The Balaban J connectivity index is 1.54. The molecule has 0 amide bonds. The third kappa shape index (κ3) is 3.40. The molecule has 1 fully saturated rings. The van der Waals surface area contributed by atoms with Gasteiger partial charge in [0.15, 0.2) is 5.16 Å². The first-order valence-corrected chi connectivity index (χ1v) is 11.5. The molecule has 1 atom stereocenters. The molecule has 1 aliphatic carbocycles. The van der Waals surface area contributed by atoms with Crippen molar-refractivity contribution in [2.45, 2.75) is 55.7 Å². The van der Waals surface area contributed by atoms with E-state index in [0.29, 0.717) is 17.5 Å². The first-order valence-electron chi connectivity index (χ1n) is 9.73. The molecule has 7 heteroatoms. The van der Waals surface area contributed by atoms with E-state index in [0.717, 1.165) is 54.5 Å². The lowest BCUT2D eigenvalue weighted by Crippen LogP contribution is -2.28. The lowest BCUT2D eigenvalue weighted by Gasteiger charge is -2.16. The normalized spacial score (nSPS) is 18.8. The maximum atomic E-state index is 13.5. The van der Waals surface area contributed by atoms with Crippen molar-refractivity contribution in [3.8, 4) is 0 Å². The zero-order chi connectivity index (χ0) is 19.1. The molecule has 0 N–H and O–H groups in total. The van der Waals surface area contributed by atoms with E-state index in [9.17, 15) is 9.18 Å². The van der Waals surface area contributed by atoms with Gasteiger partial charge in [-0.2, -0.15) is 0 Å². The second-order valence-corrected chi connectivity index (χ2v) is 9.43. The number of rotatable bonds is 5. The number of hydrogen-bond acceptors (Lipinski definition) is 5. The Hall–Kier alpha value is -1.70. The van der Waals surface area contributed by atoms with Gasteiger partial charge in [-0.1, -0.05) is 23.9 Å². The Bertz CT molecular complexity index is 1090. The number of fused-ring (bicyclic) bond motifs is 3. The fraction of sp³-hybridized carbons (Fsp3) is 0.429. The zero-order valence-corrected chi connectivity index (χ0v) is 17.1. The molecule has 2 aliphatic rings. The number of benzene rings is 1. The highest BCUT2D eigenvalue weighted by Crippen LogP contribution is 2.36. The fourth-order valence-electron chi connectivity index (χ4n) is 4.10. The molecule has 4 nitrogen and oxygen atoms in total. The Morgan fingerprint density at radius 2 is 2.25 bits per heavy atom. The summed E-state index contributed by atoms with van der Waals surface area (Å²) in [6.07, 6.45) is 5.22. The van der Waals surface area contributed by atoms with Crippen LogP contribution in [-0.2, 0) is 29.9 Å². The molecule has 1 saturated heterocycles. The molecule has 5 rings (SSSR count). The van der Waals surface area contributed by atoms with E-state index < -0.39 is 0 Å². The van der Waals surface area contributed by atoms with Gasteiger partial charge in [-0.3, -0.25) is 9.36 Å².